The van der Waals surface area contributed by atoms with Crippen molar-refractivity contribution < 1.29 is 13.2 Å². The number of sulfonamides is 1. The fourth-order valence-electron chi connectivity index (χ4n) is 3.17. The van der Waals surface area contributed by atoms with Crippen LogP contribution in [-0.2, 0) is 16.6 Å². The van der Waals surface area contributed by atoms with Gasteiger partial charge < -0.3 is 9.88 Å². The number of H-pyrrole nitrogens is 1. The summed E-state index contributed by atoms with van der Waals surface area (Å²) >= 11 is 1.28. The molecule has 0 bridgehead atoms. The van der Waals surface area contributed by atoms with E-state index in [9.17, 15) is 13.2 Å². The molecular formula is C21H18N6O3S2. The van der Waals surface area contributed by atoms with Gasteiger partial charge in [-0.1, -0.05) is 6.07 Å². The first-order valence-corrected chi connectivity index (χ1v) is 12.1. The number of benzene rings is 2. The van der Waals surface area contributed by atoms with E-state index in [2.05, 4.69) is 21.0 Å². The molecule has 162 valence electrons. The van der Waals surface area contributed by atoms with Crippen molar-refractivity contribution in [3.63, 3.8) is 0 Å². The summed E-state index contributed by atoms with van der Waals surface area (Å²) in [6, 6.07) is 15.0. The number of rotatable bonds is 6. The lowest BCUT2D eigenvalue weighted by atomic mass is 10.1. The number of amides is 1. The van der Waals surface area contributed by atoms with Gasteiger partial charge in [0.05, 0.1) is 41.8 Å². The second kappa shape index (κ2) is 8.41. The molecule has 4 rings (SSSR count). The summed E-state index contributed by atoms with van der Waals surface area (Å²) in [6.45, 7) is 2.15. The molecule has 0 fully saturated rings. The Morgan fingerprint density at radius 1 is 1.25 bits per heavy atom. The van der Waals surface area contributed by atoms with Crippen LogP contribution in [0.5, 0.6) is 0 Å². The monoisotopic (exact) mass is 466 g/mol. The number of fused-ring (bicyclic) bond motifs is 1. The van der Waals surface area contributed by atoms with Gasteiger partial charge in [-0.05, 0) is 48.9 Å². The van der Waals surface area contributed by atoms with Crippen molar-refractivity contribution in [1.29, 1.82) is 5.26 Å². The quantitative estimate of drug-likeness (QED) is 0.446. The van der Waals surface area contributed by atoms with E-state index < -0.39 is 15.9 Å². The van der Waals surface area contributed by atoms with Gasteiger partial charge >= 0.3 is 0 Å². The van der Waals surface area contributed by atoms with Crippen LogP contribution in [0.15, 0.2) is 48.8 Å². The number of nitrogens with one attached hydrogen (secondary N) is 2. The average Bonchev–Trinajstić information content (AvgIpc) is 3.37. The molecule has 0 radical (unpaired) electrons. The number of aryl methyl sites for hydroxylation is 1. The largest absolute Gasteiger partial charge is 0.345 e. The third-order valence-electron chi connectivity index (χ3n) is 4.64. The van der Waals surface area contributed by atoms with E-state index in [0.717, 1.165) is 28.5 Å². The number of thiazole rings is 1. The van der Waals surface area contributed by atoms with Gasteiger partial charge in [0.25, 0.3) is 5.91 Å². The maximum Gasteiger partial charge on any atom is 0.284 e. The van der Waals surface area contributed by atoms with Gasteiger partial charge in [-0.3, -0.25) is 4.79 Å². The SMILES string of the molecule is Cc1sc(N(Cc2ccc3nc[nH]c3c2)c2ccc(C#N)cc2)nc1C(=O)NS(C)(=O)=O. The highest BCUT2D eigenvalue weighted by Crippen LogP contribution is 2.33. The lowest BCUT2D eigenvalue weighted by Crippen LogP contribution is -2.30. The second-order valence-corrected chi connectivity index (χ2v) is 10.0. The predicted molar refractivity (Wildman–Crippen MR) is 122 cm³/mol. The van der Waals surface area contributed by atoms with E-state index in [-0.39, 0.29) is 5.69 Å². The zero-order valence-electron chi connectivity index (χ0n) is 17.2. The van der Waals surface area contributed by atoms with Crippen LogP contribution in [0.3, 0.4) is 0 Å². The molecule has 0 spiro atoms. The summed E-state index contributed by atoms with van der Waals surface area (Å²) in [4.78, 5) is 26.7. The molecule has 0 saturated heterocycles. The Labute approximate surface area is 188 Å². The van der Waals surface area contributed by atoms with Crippen molar-refractivity contribution in [3.8, 4) is 6.07 Å². The van der Waals surface area contributed by atoms with E-state index in [1.807, 2.05) is 27.8 Å². The molecule has 0 aliphatic carbocycles. The highest BCUT2D eigenvalue weighted by atomic mass is 32.2. The Morgan fingerprint density at radius 2 is 2.00 bits per heavy atom. The highest BCUT2D eigenvalue weighted by Gasteiger charge is 2.22. The molecule has 0 saturated carbocycles. The summed E-state index contributed by atoms with van der Waals surface area (Å²) in [6.07, 6.45) is 2.55. The predicted octanol–water partition coefficient (Wildman–Crippen LogP) is 3.23. The van der Waals surface area contributed by atoms with Crippen LogP contribution in [0.4, 0.5) is 10.8 Å². The summed E-state index contributed by atoms with van der Waals surface area (Å²) in [5, 5.41) is 9.64. The first-order valence-electron chi connectivity index (χ1n) is 9.43. The minimum absolute atomic E-state index is 0.0538. The number of aromatic nitrogens is 3. The molecule has 32 heavy (non-hydrogen) atoms. The maximum atomic E-state index is 12.4. The van der Waals surface area contributed by atoms with Gasteiger partial charge in [0.15, 0.2) is 5.13 Å². The number of imidazole rings is 1. The molecule has 2 N–H and O–H groups in total. The molecule has 4 aromatic rings. The third kappa shape index (κ3) is 4.61. The van der Waals surface area contributed by atoms with E-state index in [1.165, 1.54) is 11.3 Å². The number of carbonyl (C=O) groups excluding carboxylic acids is 1. The Bertz CT molecular complexity index is 1450. The van der Waals surface area contributed by atoms with Crippen molar-refractivity contribution in [3.05, 3.63) is 70.5 Å². The van der Waals surface area contributed by atoms with E-state index in [0.29, 0.717) is 22.1 Å². The fourth-order valence-corrected chi connectivity index (χ4v) is 4.53. The Hall–Kier alpha value is -3.75. The minimum atomic E-state index is -3.71. The fraction of sp³-hybridized carbons (Fsp3) is 0.143. The van der Waals surface area contributed by atoms with Gasteiger partial charge in [-0.25, -0.2) is 23.1 Å². The zero-order chi connectivity index (χ0) is 22.9. The van der Waals surface area contributed by atoms with E-state index in [1.54, 1.807) is 37.5 Å². The Morgan fingerprint density at radius 3 is 2.69 bits per heavy atom. The zero-order valence-corrected chi connectivity index (χ0v) is 18.8. The van der Waals surface area contributed by atoms with E-state index >= 15 is 0 Å². The van der Waals surface area contributed by atoms with Gasteiger partial charge in [0.1, 0.15) is 5.69 Å². The molecule has 2 heterocycles. The Balaban J connectivity index is 1.74. The molecule has 2 aromatic carbocycles. The smallest absolute Gasteiger partial charge is 0.284 e. The Kier molecular flexibility index (Phi) is 5.65. The molecule has 0 aliphatic heterocycles. The highest BCUT2D eigenvalue weighted by molar-refractivity contribution is 7.89. The van der Waals surface area contributed by atoms with Gasteiger partial charge in [-0.2, -0.15) is 5.26 Å². The molecular weight excluding hydrogens is 448 g/mol. The van der Waals surface area contributed by atoms with Crippen LogP contribution in [0.2, 0.25) is 0 Å². The molecule has 0 atom stereocenters. The van der Waals surface area contributed by atoms with Crippen LogP contribution in [0.25, 0.3) is 11.0 Å². The summed E-state index contributed by atoms with van der Waals surface area (Å²) < 4.78 is 24.9. The van der Waals surface area contributed by atoms with Crippen LogP contribution in [0.1, 0.15) is 26.5 Å². The summed E-state index contributed by atoms with van der Waals surface area (Å²) in [5.74, 6) is -0.772. The van der Waals surface area contributed by atoms with Gasteiger partial charge in [0.2, 0.25) is 10.0 Å². The van der Waals surface area contributed by atoms with Crippen LogP contribution >= 0.6 is 11.3 Å². The normalized spacial score (nSPS) is 11.3. The van der Waals surface area contributed by atoms with Crippen molar-refractivity contribution in [2.75, 3.05) is 11.2 Å². The first kappa shape index (κ1) is 21.5. The van der Waals surface area contributed by atoms with Crippen molar-refractivity contribution in [2.45, 2.75) is 13.5 Å². The molecule has 9 nitrogen and oxygen atoms in total. The van der Waals surface area contributed by atoms with Crippen LogP contribution in [-0.4, -0.2) is 35.5 Å². The van der Waals surface area contributed by atoms with Gasteiger partial charge in [-0.15, -0.1) is 11.3 Å². The van der Waals surface area contributed by atoms with Gasteiger partial charge in [0, 0.05) is 10.6 Å². The second-order valence-electron chi connectivity index (χ2n) is 7.10. The average molecular weight is 467 g/mol. The maximum absolute atomic E-state index is 12.4. The molecule has 0 aliphatic rings. The molecule has 11 heteroatoms. The van der Waals surface area contributed by atoms with Crippen molar-refractivity contribution >= 4 is 49.1 Å². The number of nitriles is 1. The standard InChI is InChI=1S/C21H18N6O3S2/c1-13-19(20(28)26-32(2,29)30)25-21(31-13)27(16-6-3-14(10-22)4-7-16)11-15-5-8-17-18(9-15)24-12-23-17/h3-9,12H,11H2,1-2H3,(H,23,24)(H,26,28). The molecule has 2 aromatic heterocycles. The molecule has 1 amide bonds. The number of carbonyl (C=O) groups is 1. The number of nitrogens with zero attached hydrogens (tertiary/aromatic N) is 4. The van der Waals surface area contributed by atoms with Crippen LogP contribution in [0, 0.1) is 18.3 Å². The topological polar surface area (TPSA) is 132 Å². The lowest BCUT2D eigenvalue weighted by Gasteiger charge is -2.22. The summed E-state index contributed by atoms with van der Waals surface area (Å²) in [7, 11) is -3.71. The number of aromatic amines is 1. The third-order valence-corrected chi connectivity index (χ3v) is 6.19. The number of anilines is 2. The van der Waals surface area contributed by atoms with E-state index in [4.69, 9.17) is 5.26 Å². The molecule has 0 unspecified atom stereocenters. The van der Waals surface area contributed by atoms with Crippen molar-refractivity contribution in [2.24, 2.45) is 0 Å². The van der Waals surface area contributed by atoms with Crippen molar-refractivity contribution in [1.82, 2.24) is 19.7 Å². The number of hydrogen-bond acceptors (Lipinski definition) is 8. The first-order chi connectivity index (χ1) is 15.2. The summed E-state index contributed by atoms with van der Waals surface area (Å²) in [5.41, 5.74) is 4.07. The number of hydrogen-bond donors (Lipinski definition) is 2. The lowest BCUT2D eigenvalue weighted by molar-refractivity contribution is 0.0977. The minimum Gasteiger partial charge on any atom is -0.345 e. The van der Waals surface area contributed by atoms with Crippen LogP contribution < -0.4 is 9.62 Å².